The summed E-state index contributed by atoms with van der Waals surface area (Å²) in [6.45, 7) is 7.18. The minimum atomic E-state index is -1.12. The van der Waals surface area contributed by atoms with E-state index in [0.29, 0.717) is 77.0 Å². The molecule has 5 N–H and O–H groups in total. The number of nitrogens with zero attached hydrogens (tertiary/aromatic N) is 6. The molecule has 0 saturated carbocycles. The average molecular weight is 1780 g/mol. The van der Waals surface area contributed by atoms with Crippen LogP contribution in [0.1, 0.15) is 139 Å². The number of Topliss-reactive ketones (excluding diaryl/α,β-unsaturated/α-hetero) is 8. The first-order valence-corrected chi connectivity index (χ1v) is 44.1. The van der Waals surface area contributed by atoms with Crippen LogP contribution in [0.3, 0.4) is 0 Å². The molecule has 0 aliphatic carbocycles. The summed E-state index contributed by atoms with van der Waals surface area (Å²) in [4.78, 5) is 178. The van der Waals surface area contributed by atoms with Crippen molar-refractivity contribution in [3.63, 3.8) is 0 Å². The number of amides is 4. The van der Waals surface area contributed by atoms with E-state index >= 15 is 0 Å². The molecule has 23 nitrogen and oxygen atoms in total. The third-order valence-electron chi connectivity index (χ3n) is 22.0. The number of carbonyl (C=O) groups excluding carboxylic acids is 13. The SMILES string of the molecule is CC(=O)C(=O)C(CC(=O)c1c(C)ncn1Cc1ccc2ccccc2c1)Cc1ccccc1.CC(=O)C(=O)C(CC(=O)c1cnc(C)n1Cc1ccc2ccccc2c1)Cc1ccccc1.NC(=O)C(=O)C(Cc1ccccc1)NC(=O)c1csc(CC(=O)c2ccc3ccccc3c2)n1.O=CC(Cc1ccccc1)NC(=O)c1csc(NC(=O)c2ccc3ccccc3c2)n1. The van der Waals surface area contributed by atoms with Crippen LogP contribution in [0.25, 0.3) is 43.1 Å². The van der Waals surface area contributed by atoms with Crippen LogP contribution in [0.4, 0.5) is 5.13 Å². The molecule has 4 amide bonds. The number of aldehydes is 1. The Morgan fingerprint density at radius 3 is 1.34 bits per heavy atom. The first kappa shape index (κ1) is 92.9. The van der Waals surface area contributed by atoms with Crippen LogP contribution in [-0.2, 0) is 78.8 Å². The Bertz CT molecular complexity index is 6910. The highest BCUT2D eigenvalue weighted by Crippen LogP contribution is 2.28. The lowest BCUT2D eigenvalue weighted by molar-refractivity contribution is -0.137. The van der Waals surface area contributed by atoms with E-state index in [1.807, 2.05) is 222 Å². The lowest BCUT2D eigenvalue weighted by Crippen LogP contribution is -2.47. The summed E-state index contributed by atoms with van der Waals surface area (Å²) < 4.78 is 3.71. The Kier molecular flexibility index (Phi) is 31.6. The fourth-order valence-electron chi connectivity index (χ4n) is 15.2. The Labute approximate surface area is 763 Å². The van der Waals surface area contributed by atoms with E-state index in [-0.39, 0.29) is 60.3 Å². The third-order valence-corrected chi connectivity index (χ3v) is 23.6. The number of nitrogens with one attached hydrogen (secondary N) is 3. The van der Waals surface area contributed by atoms with Crippen LogP contribution in [0, 0.1) is 25.7 Å². The molecule has 16 aromatic rings. The maximum Gasteiger partial charge on any atom is 0.287 e. The van der Waals surface area contributed by atoms with Gasteiger partial charge in [0.2, 0.25) is 17.3 Å². The molecule has 4 atom stereocenters. The van der Waals surface area contributed by atoms with E-state index in [4.69, 9.17) is 5.73 Å². The van der Waals surface area contributed by atoms with Crippen LogP contribution >= 0.6 is 22.7 Å². The lowest BCUT2D eigenvalue weighted by Gasteiger charge is -2.15. The van der Waals surface area contributed by atoms with Gasteiger partial charge in [0.15, 0.2) is 34.0 Å². The molecule has 0 spiro atoms. The largest absolute Gasteiger partial charge is 0.363 e. The molecule has 0 saturated heterocycles. The normalized spacial score (nSPS) is 11.8. The van der Waals surface area contributed by atoms with Gasteiger partial charge in [-0.15, -0.1) is 22.7 Å². The monoisotopic (exact) mass is 1780 g/mol. The molecule has 0 bridgehead atoms. The summed E-state index contributed by atoms with van der Waals surface area (Å²) in [5, 5.41) is 20.4. The van der Waals surface area contributed by atoms with Gasteiger partial charge in [-0.3, -0.25) is 62.9 Å². The zero-order chi connectivity index (χ0) is 92.5. The number of aryl methyl sites for hydroxylation is 2. The second kappa shape index (κ2) is 44.6. The first-order valence-electron chi connectivity index (χ1n) is 42.3. The van der Waals surface area contributed by atoms with Gasteiger partial charge in [0.25, 0.3) is 23.6 Å². The fourth-order valence-corrected chi connectivity index (χ4v) is 16.6. The molecule has 12 aromatic carbocycles. The smallest absolute Gasteiger partial charge is 0.287 e. The number of rotatable bonds is 34. The molecule has 0 radical (unpaired) electrons. The van der Waals surface area contributed by atoms with Crippen molar-refractivity contribution in [3.05, 3.63) is 398 Å². The maximum atomic E-state index is 13.4. The van der Waals surface area contributed by atoms with Gasteiger partial charge < -0.3 is 30.3 Å². The van der Waals surface area contributed by atoms with Crippen LogP contribution in [0.15, 0.2) is 314 Å². The number of benzene rings is 12. The quantitative estimate of drug-likeness (QED) is 0.0165. The Morgan fingerprint density at radius 1 is 0.412 bits per heavy atom. The van der Waals surface area contributed by atoms with Crippen LogP contribution < -0.4 is 21.7 Å². The van der Waals surface area contributed by atoms with E-state index in [1.165, 1.54) is 30.6 Å². The fraction of sp³-hybridized carbons (Fsp3) is 0.160. The molecule has 0 aliphatic rings. The van der Waals surface area contributed by atoms with Crippen molar-refractivity contribution in [3.8, 4) is 0 Å². The summed E-state index contributed by atoms with van der Waals surface area (Å²) >= 11 is 2.33. The predicted octanol–water partition coefficient (Wildman–Crippen LogP) is 17.2. The molecule has 131 heavy (non-hydrogen) atoms. The standard InChI is InChI=1S/2C28H26N2O3.C26H21N3O4S.C24H19N3O3S/c1-19(31)28(33)25(14-21-8-4-3-5-9-21)16-27(32)26-17-29-20(2)30(26)18-22-12-13-23-10-6-7-11-24(23)15-22;1-19-27(26(32)16-25(28(33)20(2)31)14-21-8-4-3-5-9-21)30(18-29-19)17-22-12-13-23-10-6-7-11-24(23)15-22;27-25(32)24(31)20(12-16-6-2-1-3-7-16)29-26(33)21-15-34-23(28-21)14-22(30)19-11-10-17-8-4-5-9-18(17)13-19;28-14-20(12-16-6-2-1-3-7-16)25-23(30)21-15-31-24(26-21)27-22(29)19-11-10-17-8-4-5-9-18(17)13-19/h3-13,15,17,25H,14,16,18H2,1-2H3;3-13,15,18,25H,14,16-17H2,1-2H3;1-11,13,15,20H,12,14H2,(H2,27,32)(H,29,33);1-11,13-15,20H,12H2,(H,25,30)(H,26,27,29). The van der Waals surface area contributed by atoms with E-state index in [1.54, 1.807) is 61.2 Å². The second-order valence-electron chi connectivity index (χ2n) is 31.5. The number of carbonyl (C=O) groups is 13. The number of ketones is 8. The van der Waals surface area contributed by atoms with Crippen LogP contribution in [-0.4, -0.2) is 117 Å². The van der Waals surface area contributed by atoms with Gasteiger partial charge in [0.1, 0.15) is 45.9 Å². The molecule has 16 rings (SSSR count). The van der Waals surface area contributed by atoms with Gasteiger partial charge in [-0.25, -0.2) is 19.9 Å². The number of fused-ring (bicyclic) bond motifs is 4. The maximum absolute atomic E-state index is 13.4. The minimum Gasteiger partial charge on any atom is -0.363 e. The van der Waals surface area contributed by atoms with Gasteiger partial charge in [-0.1, -0.05) is 261 Å². The van der Waals surface area contributed by atoms with Crippen molar-refractivity contribution < 1.29 is 62.3 Å². The first-order chi connectivity index (χ1) is 63.4. The van der Waals surface area contributed by atoms with Crippen molar-refractivity contribution in [1.82, 2.24) is 39.7 Å². The number of primary amides is 1. The number of anilines is 1. The summed E-state index contributed by atoms with van der Waals surface area (Å²) in [5.74, 6) is -6.60. The predicted molar refractivity (Wildman–Crippen MR) is 508 cm³/mol. The molecular formula is C106H92N10O13S2. The zero-order valence-electron chi connectivity index (χ0n) is 72.2. The Balaban J connectivity index is 0.000000149. The number of nitrogens with two attached hydrogens (primary N) is 1. The van der Waals surface area contributed by atoms with E-state index < -0.39 is 70.6 Å². The van der Waals surface area contributed by atoms with Crippen molar-refractivity contribution in [2.24, 2.45) is 17.6 Å². The minimum absolute atomic E-state index is 0.0302. The number of hydrogen-bond acceptors (Lipinski definition) is 19. The van der Waals surface area contributed by atoms with E-state index in [9.17, 15) is 62.3 Å². The number of aromatic nitrogens is 6. The van der Waals surface area contributed by atoms with Crippen molar-refractivity contribution in [1.29, 1.82) is 0 Å². The molecule has 25 heteroatoms. The lowest BCUT2D eigenvalue weighted by atomic mass is 9.88. The molecule has 4 aromatic heterocycles. The third kappa shape index (κ3) is 25.4. The average Bonchev–Trinajstić information content (AvgIpc) is 1.69. The van der Waals surface area contributed by atoms with E-state index in [2.05, 4.69) is 84.4 Å². The van der Waals surface area contributed by atoms with Gasteiger partial charge >= 0.3 is 0 Å². The summed E-state index contributed by atoms with van der Waals surface area (Å²) in [5.41, 5.74) is 13.7. The second-order valence-corrected chi connectivity index (χ2v) is 33.3. The Hall–Kier alpha value is -15.7. The van der Waals surface area contributed by atoms with E-state index in [0.717, 1.165) is 93.6 Å². The number of thiazole rings is 2. The summed E-state index contributed by atoms with van der Waals surface area (Å²) in [7, 11) is 0. The van der Waals surface area contributed by atoms with Crippen LogP contribution in [0.5, 0.6) is 0 Å². The van der Waals surface area contributed by atoms with Gasteiger partial charge in [0.05, 0.1) is 30.7 Å². The molecular weight excluding hydrogens is 1690 g/mol. The molecule has 656 valence electrons. The summed E-state index contributed by atoms with van der Waals surface area (Å²) in [6.07, 6.45) is 5.13. The van der Waals surface area contributed by atoms with Crippen LogP contribution in [0.2, 0.25) is 0 Å². The van der Waals surface area contributed by atoms with Gasteiger partial charge in [-0.2, -0.15) is 0 Å². The van der Waals surface area contributed by atoms with Crippen molar-refractivity contribution in [2.45, 2.75) is 97.8 Å². The van der Waals surface area contributed by atoms with Gasteiger partial charge in [-0.05, 0) is 140 Å². The topological polar surface area (TPSA) is 345 Å². The highest BCUT2D eigenvalue weighted by Gasteiger charge is 2.32. The highest BCUT2D eigenvalue weighted by atomic mass is 32.1. The zero-order valence-corrected chi connectivity index (χ0v) is 73.8. The summed E-state index contributed by atoms with van der Waals surface area (Å²) in [6, 6.07) is 90.8. The van der Waals surface area contributed by atoms with Gasteiger partial charge in [0, 0.05) is 79.9 Å². The number of imidazole rings is 2. The molecule has 0 fully saturated rings. The van der Waals surface area contributed by atoms with Crippen molar-refractivity contribution in [2.75, 3.05) is 5.32 Å². The van der Waals surface area contributed by atoms with Crippen molar-refractivity contribution >= 4 is 147 Å². The molecule has 4 heterocycles. The highest BCUT2D eigenvalue weighted by molar-refractivity contribution is 7.14. The Morgan fingerprint density at radius 2 is 0.840 bits per heavy atom. The molecule has 0 aliphatic heterocycles. The molecule has 4 unspecified atom stereocenters. The number of hydrogen-bond donors (Lipinski definition) is 4.